The molecule has 1 aromatic carbocycles. The number of hydrogen-bond acceptors (Lipinski definition) is 5. The van der Waals surface area contributed by atoms with Gasteiger partial charge in [0, 0.05) is 56.2 Å². The van der Waals surface area contributed by atoms with Crippen molar-refractivity contribution in [2.45, 2.75) is 45.3 Å². The van der Waals surface area contributed by atoms with Crippen LogP contribution in [0, 0.1) is 23.2 Å². The van der Waals surface area contributed by atoms with Crippen LogP contribution in [0.4, 0.5) is 5.69 Å². The second-order valence-corrected chi connectivity index (χ2v) is 9.92. The molecule has 2 heterocycles. The highest BCUT2D eigenvalue weighted by Gasteiger charge is 2.59. The van der Waals surface area contributed by atoms with Crippen molar-refractivity contribution in [3.05, 3.63) is 42.0 Å². The summed E-state index contributed by atoms with van der Waals surface area (Å²) >= 11 is 0. The van der Waals surface area contributed by atoms with E-state index in [1.807, 2.05) is 6.07 Å². The molecule has 5 nitrogen and oxygen atoms in total. The maximum atomic E-state index is 12.8. The first-order valence-electron chi connectivity index (χ1n) is 11.6. The Labute approximate surface area is 179 Å². The zero-order valence-electron chi connectivity index (χ0n) is 18.2. The number of aliphatic hydroxyl groups is 1. The number of benzene rings is 1. The summed E-state index contributed by atoms with van der Waals surface area (Å²) in [5.41, 5.74) is 2.34. The molecule has 1 aromatic rings. The first kappa shape index (κ1) is 20.1. The van der Waals surface area contributed by atoms with Gasteiger partial charge in [-0.25, -0.2) is 0 Å². The summed E-state index contributed by atoms with van der Waals surface area (Å²) in [7, 11) is 0. The van der Waals surface area contributed by atoms with Gasteiger partial charge >= 0.3 is 5.97 Å². The number of anilines is 1. The summed E-state index contributed by atoms with van der Waals surface area (Å²) < 4.78 is 5.83. The fraction of sp³-hybridized carbons (Fsp3) is 0.640. The number of aliphatic hydroxyl groups excluding tert-OH is 1. The highest BCUT2D eigenvalue weighted by molar-refractivity contribution is 5.76. The summed E-state index contributed by atoms with van der Waals surface area (Å²) in [4.78, 5) is 17.6. The molecule has 0 radical (unpaired) electrons. The maximum Gasteiger partial charge on any atom is 0.311 e. The number of para-hydroxylation sites is 1. The molecule has 0 amide bonds. The average molecular weight is 411 g/mol. The van der Waals surface area contributed by atoms with Gasteiger partial charge in [-0.05, 0) is 30.9 Å². The number of nitrogens with zero attached hydrogens (tertiary/aromatic N) is 2. The molecule has 0 spiro atoms. The molecule has 6 atom stereocenters. The van der Waals surface area contributed by atoms with Crippen LogP contribution in [0.2, 0.25) is 0 Å². The predicted octanol–water partition coefficient (Wildman–Crippen LogP) is 3.09. The third-order valence-corrected chi connectivity index (χ3v) is 8.52. The number of ether oxygens (including phenoxy) is 1. The first-order chi connectivity index (χ1) is 14.5. The summed E-state index contributed by atoms with van der Waals surface area (Å²) in [5.74, 6) is 0.0115. The van der Waals surface area contributed by atoms with E-state index in [2.05, 4.69) is 54.0 Å². The second-order valence-electron chi connectivity index (χ2n) is 9.92. The monoisotopic (exact) mass is 410 g/mol. The van der Waals surface area contributed by atoms with Crippen LogP contribution in [0.25, 0.3) is 0 Å². The molecule has 2 saturated heterocycles. The van der Waals surface area contributed by atoms with Gasteiger partial charge in [-0.15, -0.1) is 0 Å². The molecule has 2 aliphatic heterocycles. The molecule has 3 fully saturated rings. The number of fused-ring (bicyclic) bond motifs is 2. The van der Waals surface area contributed by atoms with Crippen LogP contribution in [-0.4, -0.2) is 60.9 Å². The minimum absolute atomic E-state index is 0.0904. The number of allylic oxidation sites excluding steroid dienone is 1. The number of piperazine rings is 1. The Bertz CT molecular complexity index is 817. The van der Waals surface area contributed by atoms with Gasteiger partial charge in [-0.2, -0.15) is 0 Å². The predicted molar refractivity (Wildman–Crippen MR) is 117 cm³/mol. The van der Waals surface area contributed by atoms with Crippen LogP contribution in [0.3, 0.4) is 0 Å². The van der Waals surface area contributed by atoms with E-state index in [9.17, 15) is 9.90 Å². The lowest BCUT2D eigenvalue weighted by Crippen LogP contribution is -2.55. The Morgan fingerprint density at radius 3 is 2.63 bits per heavy atom. The molecule has 0 unspecified atom stereocenters. The molecule has 4 aliphatic rings. The molecule has 1 saturated carbocycles. The lowest BCUT2D eigenvalue weighted by molar-refractivity contribution is -0.145. The molecule has 5 heteroatoms. The molecule has 0 aromatic heterocycles. The number of carbonyl (C=O) groups is 1. The van der Waals surface area contributed by atoms with Crippen molar-refractivity contribution in [2.75, 3.05) is 37.6 Å². The molecular weight excluding hydrogens is 376 g/mol. The van der Waals surface area contributed by atoms with Crippen LogP contribution >= 0.6 is 0 Å². The van der Waals surface area contributed by atoms with Crippen molar-refractivity contribution < 1.29 is 14.6 Å². The summed E-state index contributed by atoms with van der Waals surface area (Å²) in [6.07, 6.45) is 4.59. The van der Waals surface area contributed by atoms with Gasteiger partial charge < -0.3 is 14.7 Å². The minimum atomic E-state index is -0.514. The lowest BCUT2D eigenvalue weighted by Gasteiger charge is -2.52. The van der Waals surface area contributed by atoms with Crippen LogP contribution in [0.15, 0.2) is 42.0 Å². The minimum Gasteiger partial charge on any atom is -0.461 e. The lowest BCUT2D eigenvalue weighted by atomic mass is 9.55. The smallest absolute Gasteiger partial charge is 0.311 e. The van der Waals surface area contributed by atoms with Gasteiger partial charge in [0.1, 0.15) is 6.10 Å². The molecule has 0 bridgehead atoms. The van der Waals surface area contributed by atoms with E-state index in [1.54, 1.807) is 0 Å². The van der Waals surface area contributed by atoms with Crippen molar-refractivity contribution in [3.8, 4) is 0 Å². The van der Waals surface area contributed by atoms with Gasteiger partial charge in [0.05, 0.1) is 12.0 Å². The average Bonchev–Trinajstić information content (AvgIpc) is 3.07. The molecular formula is C25H34N2O3. The molecule has 162 valence electrons. The van der Waals surface area contributed by atoms with E-state index in [0.717, 1.165) is 45.4 Å². The zero-order chi connectivity index (χ0) is 20.9. The summed E-state index contributed by atoms with van der Waals surface area (Å²) in [6, 6.07) is 10.5. The van der Waals surface area contributed by atoms with Crippen LogP contribution in [0.5, 0.6) is 0 Å². The van der Waals surface area contributed by atoms with Gasteiger partial charge in [0.2, 0.25) is 0 Å². The van der Waals surface area contributed by atoms with Crippen molar-refractivity contribution in [1.82, 2.24) is 4.90 Å². The largest absolute Gasteiger partial charge is 0.461 e. The van der Waals surface area contributed by atoms with E-state index >= 15 is 0 Å². The number of esters is 1. The number of carbonyl (C=O) groups excluding carboxylic acids is 1. The maximum absolute atomic E-state index is 12.8. The Balaban J connectivity index is 1.28. The van der Waals surface area contributed by atoms with Crippen LogP contribution < -0.4 is 4.90 Å². The van der Waals surface area contributed by atoms with E-state index in [0.29, 0.717) is 12.5 Å². The molecule has 30 heavy (non-hydrogen) atoms. The normalized spacial score (nSPS) is 39.2. The number of rotatable bonds is 3. The van der Waals surface area contributed by atoms with E-state index in [4.69, 9.17) is 4.74 Å². The Hall–Kier alpha value is -1.85. The fourth-order valence-electron chi connectivity index (χ4n) is 6.38. The second kappa shape index (κ2) is 7.69. The Morgan fingerprint density at radius 2 is 1.90 bits per heavy atom. The molecule has 5 rings (SSSR count). The standard InChI is InChI=1S/C25H34N2O3/c1-17-7-6-8-18-15-21-22(23(28)25(17,18)2)20(24(29)30-21)16-26-11-13-27(14-12-26)19-9-4-3-5-10-19/h3-5,8-10,17,20-23,28H,6-7,11-16H2,1-2H3/t17-,20-,21-,22-,23+,25-/m1/s1. The zero-order valence-corrected chi connectivity index (χ0v) is 18.2. The van der Waals surface area contributed by atoms with Gasteiger partial charge in [-0.1, -0.05) is 43.7 Å². The summed E-state index contributed by atoms with van der Waals surface area (Å²) in [5, 5.41) is 11.5. The van der Waals surface area contributed by atoms with Gasteiger partial charge in [-0.3, -0.25) is 9.69 Å². The van der Waals surface area contributed by atoms with Crippen molar-refractivity contribution in [2.24, 2.45) is 23.2 Å². The number of hydrogen-bond donors (Lipinski definition) is 1. The van der Waals surface area contributed by atoms with Crippen LogP contribution in [-0.2, 0) is 9.53 Å². The van der Waals surface area contributed by atoms with E-state index in [1.165, 1.54) is 11.3 Å². The third kappa shape index (κ3) is 3.18. The highest BCUT2D eigenvalue weighted by atomic mass is 16.6. The van der Waals surface area contributed by atoms with E-state index in [-0.39, 0.29) is 29.3 Å². The van der Waals surface area contributed by atoms with Crippen molar-refractivity contribution >= 4 is 11.7 Å². The third-order valence-electron chi connectivity index (χ3n) is 8.52. The first-order valence-corrected chi connectivity index (χ1v) is 11.6. The molecule has 2 aliphatic carbocycles. The highest BCUT2D eigenvalue weighted by Crippen LogP contribution is 2.56. The summed E-state index contributed by atoms with van der Waals surface area (Å²) in [6.45, 7) is 8.96. The van der Waals surface area contributed by atoms with Gasteiger partial charge in [0.15, 0.2) is 0 Å². The van der Waals surface area contributed by atoms with Crippen molar-refractivity contribution in [3.63, 3.8) is 0 Å². The topological polar surface area (TPSA) is 53.0 Å². The quantitative estimate of drug-likeness (QED) is 0.613. The van der Waals surface area contributed by atoms with Crippen molar-refractivity contribution in [1.29, 1.82) is 0 Å². The Morgan fingerprint density at radius 1 is 1.17 bits per heavy atom. The van der Waals surface area contributed by atoms with E-state index < -0.39 is 6.10 Å². The SMILES string of the molecule is C[C@@H]1CCC=C2C[C@H]3OC(=O)[C@H](CN4CCN(c5ccccc5)CC4)[C@H]3[C@H](O)[C@@]21C. The molecule has 1 N–H and O–H groups in total. The Kier molecular flexibility index (Phi) is 5.14. The fourth-order valence-corrected chi connectivity index (χ4v) is 6.38. The van der Waals surface area contributed by atoms with Crippen LogP contribution in [0.1, 0.15) is 33.1 Å². The van der Waals surface area contributed by atoms with Gasteiger partial charge in [0.25, 0.3) is 0 Å².